The molecule has 1 N–H and O–H groups in total. The molecule has 1 aliphatic heterocycles. The van der Waals surface area contributed by atoms with Crippen LogP contribution in [0.5, 0.6) is 11.5 Å². The fourth-order valence-corrected chi connectivity index (χ4v) is 1.98. The monoisotopic (exact) mass is 235 g/mol. The van der Waals surface area contributed by atoms with Gasteiger partial charge in [-0.3, -0.25) is 0 Å². The zero-order chi connectivity index (χ0) is 12.1. The van der Waals surface area contributed by atoms with E-state index >= 15 is 0 Å². The Kier molecular flexibility index (Phi) is 4.26. The van der Waals surface area contributed by atoms with Crippen LogP contribution >= 0.6 is 0 Å². The highest BCUT2D eigenvalue weighted by Crippen LogP contribution is 2.32. The van der Waals surface area contributed by atoms with E-state index in [0.29, 0.717) is 19.1 Å². The molecule has 3 nitrogen and oxygen atoms in total. The molecule has 0 fully saturated rings. The summed E-state index contributed by atoms with van der Waals surface area (Å²) in [6.07, 6.45) is 1.17. The first-order valence-corrected chi connectivity index (χ1v) is 6.41. The molecule has 1 aromatic rings. The first kappa shape index (κ1) is 12.2. The van der Waals surface area contributed by atoms with E-state index in [4.69, 9.17) is 9.47 Å². The largest absolute Gasteiger partial charge is 0.486 e. The maximum atomic E-state index is 5.59. The van der Waals surface area contributed by atoms with E-state index in [-0.39, 0.29) is 0 Å². The molecule has 1 aromatic carbocycles. The van der Waals surface area contributed by atoms with Crippen molar-refractivity contribution in [3.63, 3.8) is 0 Å². The summed E-state index contributed by atoms with van der Waals surface area (Å²) in [6, 6.07) is 6.25. The third kappa shape index (κ3) is 3.13. The molecule has 1 aliphatic rings. The number of rotatable bonds is 5. The van der Waals surface area contributed by atoms with Gasteiger partial charge in [-0.2, -0.15) is 0 Å². The van der Waals surface area contributed by atoms with Gasteiger partial charge in [-0.15, -0.1) is 0 Å². The molecular weight excluding hydrogens is 214 g/mol. The molecule has 1 atom stereocenters. The van der Waals surface area contributed by atoms with Crippen LogP contribution in [0.3, 0.4) is 0 Å². The Hall–Kier alpha value is -1.22. The van der Waals surface area contributed by atoms with Crippen LogP contribution in [0.4, 0.5) is 0 Å². The van der Waals surface area contributed by atoms with Crippen molar-refractivity contribution >= 4 is 0 Å². The average molecular weight is 235 g/mol. The molecule has 0 aromatic heterocycles. The summed E-state index contributed by atoms with van der Waals surface area (Å²) in [5.41, 5.74) is 1.30. The van der Waals surface area contributed by atoms with Crippen molar-refractivity contribution < 1.29 is 9.47 Å². The molecule has 0 radical (unpaired) electrons. The minimum Gasteiger partial charge on any atom is -0.486 e. The van der Waals surface area contributed by atoms with E-state index in [0.717, 1.165) is 24.6 Å². The second-order valence-electron chi connectivity index (χ2n) is 4.51. The number of fused-ring (bicyclic) bond motifs is 1. The van der Waals surface area contributed by atoms with Crippen molar-refractivity contribution in [3.8, 4) is 11.5 Å². The van der Waals surface area contributed by atoms with E-state index < -0.39 is 0 Å². The second kappa shape index (κ2) is 5.92. The molecule has 2 rings (SSSR count). The average Bonchev–Trinajstić information content (AvgIpc) is 2.38. The van der Waals surface area contributed by atoms with Crippen LogP contribution in [0, 0.1) is 0 Å². The summed E-state index contributed by atoms with van der Waals surface area (Å²) in [4.78, 5) is 0. The van der Waals surface area contributed by atoms with E-state index in [2.05, 4.69) is 31.3 Å². The van der Waals surface area contributed by atoms with Gasteiger partial charge in [0, 0.05) is 6.54 Å². The van der Waals surface area contributed by atoms with Gasteiger partial charge in [0.25, 0.3) is 0 Å². The molecular formula is C14H21NO2. The predicted molar refractivity (Wildman–Crippen MR) is 69.0 cm³/mol. The van der Waals surface area contributed by atoms with Crippen molar-refractivity contribution in [1.82, 2.24) is 5.32 Å². The standard InChI is InChI=1S/C14H21NO2/c1-3-6-15-10-11(2)12-4-5-13-14(9-12)17-8-7-16-13/h4-5,9,11,15H,3,6-8,10H2,1-2H3. The van der Waals surface area contributed by atoms with Crippen LogP contribution in [0.25, 0.3) is 0 Å². The Morgan fingerprint density at radius 3 is 2.76 bits per heavy atom. The number of hydrogen-bond acceptors (Lipinski definition) is 3. The summed E-state index contributed by atoms with van der Waals surface area (Å²) in [7, 11) is 0. The topological polar surface area (TPSA) is 30.5 Å². The maximum absolute atomic E-state index is 5.59. The number of ether oxygens (including phenoxy) is 2. The first-order valence-electron chi connectivity index (χ1n) is 6.41. The lowest BCUT2D eigenvalue weighted by molar-refractivity contribution is 0.171. The number of nitrogens with one attached hydrogen (secondary N) is 1. The van der Waals surface area contributed by atoms with Crippen molar-refractivity contribution in [3.05, 3.63) is 23.8 Å². The highest BCUT2D eigenvalue weighted by molar-refractivity contribution is 5.44. The summed E-state index contributed by atoms with van der Waals surface area (Å²) in [5, 5.41) is 3.44. The van der Waals surface area contributed by atoms with E-state index in [1.807, 2.05) is 6.07 Å². The Morgan fingerprint density at radius 1 is 1.24 bits per heavy atom. The molecule has 0 saturated carbocycles. The third-order valence-electron chi connectivity index (χ3n) is 3.01. The van der Waals surface area contributed by atoms with Gasteiger partial charge in [0.1, 0.15) is 13.2 Å². The van der Waals surface area contributed by atoms with Crippen molar-refractivity contribution in [2.24, 2.45) is 0 Å². The van der Waals surface area contributed by atoms with Crippen molar-refractivity contribution in [1.29, 1.82) is 0 Å². The Labute approximate surface area is 103 Å². The molecule has 0 spiro atoms. The Bertz CT molecular complexity index is 365. The van der Waals surface area contributed by atoms with Gasteiger partial charge < -0.3 is 14.8 Å². The smallest absolute Gasteiger partial charge is 0.161 e. The van der Waals surface area contributed by atoms with Crippen LogP contribution in [-0.4, -0.2) is 26.3 Å². The first-order chi connectivity index (χ1) is 8.31. The summed E-state index contributed by atoms with van der Waals surface area (Å²) in [5.74, 6) is 2.25. The quantitative estimate of drug-likeness (QED) is 0.796. The van der Waals surface area contributed by atoms with Crippen LogP contribution in [0.15, 0.2) is 18.2 Å². The van der Waals surface area contributed by atoms with Crippen LogP contribution in [0.1, 0.15) is 31.7 Å². The van der Waals surface area contributed by atoms with E-state index in [1.165, 1.54) is 12.0 Å². The van der Waals surface area contributed by atoms with Gasteiger partial charge in [-0.05, 0) is 36.6 Å². The summed E-state index contributed by atoms with van der Waals surface area (Å²) < 4.78 is 11.1. The van der Waals surface area contributed by atoms with Gasteiger partial charge in [0.2, 0.25) is 0 Å². The van der Waals surface area contributed by atoms with Gasteiger partial charge in [0.15, 0.2) is 11.5 Å². The van der Waals surface area contributed by atoms with E-state index in [1.54, 1.807) is 0 Å². The lowest BCUT2D eigenvalue weighted by Crippen LogP contribution is -2.21. The highest BCUT2D eigenvalue weighted by atomic mass is 16.6. The lowest BCUT2D eigenvalue weighted by atomic mass is 10.0. The van der Waals surface area contributed by atoms with Gasteiger partial charge in [-0.25, -0.2) is 0 Å². The zero-order valence-electron chi connectivity index (χ0n) is 10.7. The number of benzene rings is 1. The SMILES string of the molecule is CCCNCC(C)c1ccc2c(c1)OCCO2. The molecule has 0 bridgehead atoms. The minimum atomic E-state index is 0.498. The van der Waals surface area contributed by atoms with Gasteiger partial charge >= 0.3 is 0 Å². The van der Waals surface area contributed by atoms with Gasteiger partial charge in [0.05, 0.1) is 0 Å². The Balaban J connectivity index is 2.00. The Morgan fingerprint density at radius 2 is 2.00 bits per heavy atom. The summed E-state index contributed by atoms with van der Waals surface area (Å²) in [6.45, 7) is 7.80. The zero-order valence-corrected chi connectivity index (χ0v) is 10.7. The molecule has 0 amide bonds. The lowest BCUT2D eigenvalue weighted by Gasteiger charge is -2.20. The fourth-order valence-electron chi connectivity index (χ4n) is 1.98. The molecule has 0 saturated heterocycles. The second-order valence-corrected chi connectivity index (χ2v) is 4.51. The van der Waals surface area contributed by atoms with Crippen LogP contribution in [-0.2, 0) is 0 Å². The van der Waals surface area contributed by atoms with E-state index in [9.17, 15) is 0 Å². The summed E-state index contributed by atoms with van der Waals surface area (Å²) >= 11 is 0. The molecule has 0 aliphatic carbocycles. The van der Waals surface area contributed by atoms with Crippen LogP contribution < -0.4 is 14.8 Å². The molecule has 17 heavy (non-hydrogen) atoms. The van der Waals surface area contributed by atoms with Crippen LogP contribution in [0.2, 0.25) is 0 Å². The minimum absolute atomic E-state index is 0.498. The molecule has 1 unspecified atom stereocenters. The molecule has 3 heteroatoms. The molecule has 1 heterocycles. The highest BCUT2D eigenvalue weighted by Gasteiger charge is 2.14. The fraction of sp³-hybridized carbons (Fsp3) is 0.571. The molecule has 94 valence electrons. The maximum Gasteiger partial charge on any atom is 0.161 e. The van der Waals surface area contributed by atoms with Crippen molar-refractivity contribution in [2.75, 3.05) is 26.3 Å². The normalized spacial score (nSPS) is 15.6. The van der Waals surface area contributed by atoms with Gasteiger partial charge in [-0.1, -0.05) is 19.9 Å². The number of hydrogen-bond donors (Lipinski definition) is 1. The van der Waals surface area contributed by atoms with Crippen molar-refractivity contribution in [2.45, 2.75) is 26.2 Å². The third-order valence-corrected chi connectivity index (χ3v) is 3.01. The predicted octanol–water partition coefficient (Wildman–Crippen LogP) is 2.56.